The zero-order valence-corrected chi connectivity index (χ0v) is 56.3. The highest BCUT2D eigenvalue weighted by molar-refractivity contribution is 7.86. The highest BCUT2D eigenvalue weighted by Gasteiger charge is 2.55. The van der Waals surface area contributed by atoms with E-state index in [1.54, 1.807) is 60.5 Å². The Morgan fingerprint density at radius 3 is 1.96 bits per heavy atom. The van der Waals surface area contributed by atoms with Crippen molar-refractivity contribution in [3.05, 3.63) is 104 Å². The number of quaternary nitrogens is 2. The summed E-state index contributed by atoms with van der Waals surface area (Å²) in [7, 11) is 4.39. The van der Waals surface area contributed by atoms with Gasteiger partial charge in [0.2, 0.25) is 23.6 Å². The summed E-state index contributed by atoms with van der Waals surface area (Å²) >= 11 is 0. The van der Waals surface area contributed by atoms with Gasteiger partial charge in [0.05, 0.1) is 117 Å². The molecule has 7 amide bonds. The molecule has 6 rings (SSSR count). The topological polar surface area (TPSA) is 406 Å². The molecule has 0 bridgehead atoms. The van der Waals surface area contributed by atoms with E-state index in [9.17, 15) is 74.4 Å². The quantitative estimate of drug-likeness (QED) is 0.0129. The Balaban J connectivity index is 1.04. The molecule has 0 saturated carbocycles. The molecule has 5 N–H and O–H groups in total. The number of carbonyl (C=O) groups excluding carboxylic acids is 8. The van der Waals surface area contributed by atoms with Crippen LogP contribution in [0, 0.1) is 10.1 Å². The molecule has 0 spiro atoms. The Morgan fingerprint density at radius 1 is 0.781 bits per heavy atom. The van der Waals surface area contributed by atoms with Crippen molar-refractivity contribution in [3.63, 3.8) is 0 Å². The smallest absolute Gasteiger partial charge is 0.737 e. The number of hydrogen-bond donors (Lipinski definition) is 5. The number of ether oxygens (including phenoxy) is 3. The maximum atomic E-state index is 17.7. The number of hydrogen-bond acceptors (Lipinski definition) is 21. The normalized spacial score (nSPS) is 15.5. The number of likely N-dealkylation sites (N-methyl/N-ethyl adjacent to an activating group) is 1. The fourth-order valence-corrected chi connectivity index (χ4v) is 12.0. The molecular formula is C59H81BF2N12O20S2. The predicted molar refractivity (Wildman–Crippen MR) is 338 cm³/mol. The van der Waals surface area contributed by atoms with Crippen LogP contribution < -0.4 is 36.1 Å². The molecule has 1 saturated heterocycles. The molecule has 1 aromatic heterocycles. The standard InChI is InChI=1S/C59H81BF2N12O20S2/c1-38(93-59(82)65-35-56(79)94-71-54(77)21-22-55(71)78)43-31-50(91-9)51(33-49(43)72(83)84)92-28-25-68(2)24-23-63-57(80)44(36-95(85,86)87)67-53(76)34-64-58(81)45(37-96(88,89)90)66-52(75)20-19-42-29-40(17-13-26-73(3,4)5)47-32-48-41(18-14-27-74(6,7)8)30-46(39-15-11-10-12-16-39)70(48)60(61,62)69(42)47/h10-12,15-16,29-33,38,44-45H,13-14,17-28,34-37H2,1-9H3,(H5-2,63,64,65,66,67,75,76,80,81,82,85,86,87,88,89,90). The minimum Gasteiger partial charge on any atom is -0.748 e. The molecule has 2 aromatic carbocycles. The third kappa shape index (κ3) is 22.2. The highest BCUT2D eigenvalue weighted by Crippen LogP contribution is 2.41. The van der Waals surface area contributed by atoms with E-state index in [2.05, 4.69) is 20.8 Å². The van der Waals surface area contributed by atoms with Crippen molar-refractivity contribution in [2.24, 2.45) is 0 Å². The number of carbonyl (C=O) groups is 8. The van der Waals surface area contributed by atoms with Gasteiger partial charge in [0.1, 0.15) is 31.3 Å². The zero-order chi connectivity index (χ0) is 71.3. The lowest BCUT2D eigenvalue weighted by molar-refractivity contribution is -0.870. The monoisotopic (exact) mass is 1390 g/mol. The number of fused-ring (bicyclic) bond motifs is 2. The number of benzene rings is 2. The number of halogens is 2. The Bertz CT molecular complexity index is 3780. The molecule has 526 valence electrons. The van der Waals surface area contributed by atoms with Gasteiger partial charge in [0, 0.05) is 80.7 Å². The number of rotatable bonds is 36. The number of nitro groups is 1. The van der Waals surface area contributed by atoms with Gasteiger partial charge in [-0.05, 0) is 68.8 Å². The number of nitrogens with zero attached hydrogens (tertiary/aromatic N) is 7. The van der Waals surface area contributed by atoms with Gasteiger partial charge in [-0.2, -0.15) is 0 Å². The van der Waals surface area contributed by atoms with Crippen LogP contribution in [-0.4, -0.2) is 251 Å². The van der Waals surface area contributed by atoms with E-state index in [-0.39, 0.29) is 79.0 Å². The van der Waals surface area contributed by atoms with E-state index in [4.69, 9.17) is 14.2 Å². The number of alkyl carbamates (subject to hydrolysis) is 1. The van der Waals surface area contributed by atoms with Gasteiger partial charge >= 0.3 is 19.0 Å². The second-order valence-corrected chi connectivity index (χ2v) is 28.1. The fraction of sp³-hybridized carbons (Fsp3) is 0.508. The molecule has 0 aliphatic carbocycles. The van der Waals surface area contributed by atoms with Crippen LogP contribution in [0.25, 0.3) is 6.08 Å². The van der Waals surface area contributed by atoms with E-state index < -0.39 is 135 Å². The number of aromatic nitrogens is 1. The molecule has 32 nitrogen and oxygen atoms in total. The second-order valence-electron chi connectivity index (χ2n) is 25.2. The van der Waals surface area contributed by atoms with E-state index in [0.717, 1.165) is 27.1 Å². The van der Waals surface area contributed by atoms with Crippen molar-refractivity contribution < 1.29 is 110 Å². The number of aryl methyl sites for hydroxylation is 2. The number of imide groups is 1. The highest BCUT2D eigenvalue weighted by atomic mass is 32.2. The van der Waals surface area contributed by atoms with Crippen LogP contribution in [0.5, 0.6) is 11.5 Å². The Hall–Kier alpha value is -8.75. The first-order valence-corrected chi connectivity index (χ1v) is 33.6. The van der Waals surface area contributed by atoms with Gasteiger partial charge in [-0.1, -0.05) is 18.2 Å². The first kappa shape index (κ1) is 76.3. The van der Waals surface area contributed by atoms with Gasteiger partial charge in [-0.25, -0.2) is 26.4 Å². The van der Waals surface area contributed by atoms with Crippen LogP contribution in [0.2, 0.25) is 0 Å². The Kier molecular flexibility index (Phi) is 25.7. The maximum Gasteiger partial charge on any atom is 0.737 e. The van der Waals surface area contributed by atoms with Crippen molar-refractivity contribution in [1.29, 1.82) is 0 Å². The summed E-state index contributed by atoms with van der Waals surface area (Å²) in [5.41, 5.74) is 2.15. The number of nitrogens with one attached hydrogen (secondary N) is 5. The second kappa shape index (κ2) is 32.3. The lowest BCUT2D eigenvalue weighted by atomic mass is 9.88. The van der Waals surface area contributed by atoms with Crippen LogP contribution in [0.15, 0.2) is 65.9 Å². The SMILES string of the molecule is COc1cc(C(C)OC(=O)NCC(=O)ON2C(=O)CCC2=O)c([N+](=O)[O-])cc1OCCN(C)CCNC(=O)C(CS(=O)(=O)[O-])NC(=O)CNC(=O)C(CS(=O)(=O)[O-])NC(=O)CCc1cc(CCC[N+](C)(C)C)c2n1[B-](F)(F)[N+]1=C(c3ccccc3)C=C(CCC[N+](C)(C)C)C1=C2. The van der Waals surface area contributed by atoms with Crippen molar-refractivity contribution in [1.82, 2.24) is 41.0 Å². The molecule has 3 atom stereocenters. The summed E-state index contributed by atoms with van der Waals surface area (Å²) in [6.07, 6.45) is 2.00. The Labute approximate surface area is 553 Å². The third-order valence-corrected chi connectivity index (χ3v) is 16.8. The summed E-state index contributed by atoms with van der Waals surface area (Å²) in [5.74, 6) is -10.7. The average Bonchev–Trinajstić information content (AvgIpc) is 1.54. The average molecular weight is 1390 g/mol. The molecular weight excluding hydrogens is 1310 g/mol. The van der Waals surface area contributed by atoms with Crippen LogP contribution in [0.3, 0.4) is 0 Å². The number of hydroxylamine groups is 2. The van der Waals surface area contributed by atoms with Crippen molar-refractivity contribution in [2.45, 2.75) is 76.5 Å². The maximum absolute atomic E-state index is 17.7. The molecule has 37 heteroatoms. The Morgan fingerprint density at radius 2 is 1.38 bits per heavy atom. The number of amides is 7. The van der Waals surface area contributed by atoms with Gasteiger partial charge in [-0.15, -0.1) is 5.06 Å². The first-order chi connectivity index (χ1) is 44.7. The number of nitro benzene ring substituents is 1. The van der Waals surface area contributed by atoms with Crippen molar-refractivity contribution in [2.75, 3.05) is 120 Å². The molecule has 0 radical (unpaired) electrons. The van der Waals surface area contributed by atoms with Crippen LogP contribution in [-0.2, 0) is 76.2 Å². The van der Waals surface area contributed by atoms with Gasteiger partial charge in [0.25, 0.3) is 17.5 Å². The molecule has 3 aromatic rings. The van der Waals surface area contributed by atoms with Crippen LogP contribution in [0.1, 0.15) is 79.6 Å². The molecule has 3 aliphatic heterocycles. The van der Waals surface area contributed by atoms with E-state index in [0.29, 0.717) is 63.7 Å². The van der Waals surface area contributed by atoms with Crippen LogP contribution in [0.4, 0.5) is 19.1 Å². The van der Waals surface area contributed by atoms with Crippen molar-refractivity contribution >= 4 is 92.2 Å². The number of methoxy groups -OCH3 is 1. The largest absolute Gasteiger partial charge is 0.748 e. The molecule has 3 unspecified atom stereocenters. The summed E-state index contributed by atoms with van der Waals surface area (Å²) < 4.78 is 127. The number of allylic oxidation sites excluding steroid dienone is 2. The minimum absolute atomic E-state index is 0.00558. The minimum atomic E-state index is -5.30. The van der Waals surface area contributed by atoms with Crippen molar-refractivity contribution in [3.8, 4) is 11.5 Å². The molecule has 4 heterocycles. The van der Waals surface area contributed by atoms with E-state index >= 15 is 8.63 Å². The van der Waals surface area contributed by atoms with Gasteiger partial charge in [0.15, 0.2) is 22.9 Å². The zero-order valence-electron chi connectivity index (χ0n) is 54.7. The predicted octanol–water partition coefficient (Wildman–Crippen LogP) is 0.179. The summed E-state index contributed by atoms with van der Waals surface area (Å²) in [4.78, 5) is 119. The summed E-state index contributed by atoms with van der Waals surface area (Å²) in [6, 6.07) is 8.35. The van der Waals surface area contributed by atoms with E-state index in [1.165, 1.54) is 20.1 Å². The summed E-state index contributed by atoms with van der Waals surface area (Å²) in [6.45, 7) is -4.16. The summed E-state index contributed by atoms with van der Waals surface area (Å²) in [5, 5.41) is 23.0. The fourth-order valence-electron chi connectivity index (χ4n) is 10.7. The van der Waals surface area contributed by atoms with Crippen LogP contribution >= 0.6 is 0 Å². The van der Waals surface area contributed by atoms with Gasteiger partial charge < -0.3 is 86.2 Å². The molecule has 96 heavy (non-hydrogen) atoms. The van der Waals surface area contributed by atoms with Gasteiger partial charge in [-0.3, -0.25) is 38.9 Å². The first-order valence-electron chi connectivity index (χ1n) is 30.4. The van der Waals surface area contributed by atoms with E-state index in [1.807, 2.05) is 52.9 Å². The lowest BCUT2D eigenvalue weighted by Gasteiger charge is -2.32. The lowest BCUT2D eigenvalue weighted by Crippen LogP contribution is -2.55. The third-order valence-electron chi connectivity index (χ3n) is 15.3. The molecule has 1 fully saturated rings. The molecule has 3 aliphatic rings.